The molecular formula is C15H10N2O3. The van der Waals surface area contributed by atoms with Crippen molar-refractivity contribution in [2.45, 2.75) is 0 Å². The van der Waals surface area contributed by atoms with Crippen molar-refractivity contribution in [1.29, 1.82) is 0 Å². The van der Waals surface area contributed by atoms with Crippen LogP contribution in [-0.2, 0) is 0 Å². The van der Waals surface area contributed by atoms with E-state index in [9.17, 15) is 9.59 Å². The number of nitrogens with zero attached hydrogens (tertiary/aromatic N) is 2. The number of rotatable bonds is 4. The molecule has 2 aromatic heterocycles. The van der Waals surface area contributed by atoms with Crippen molar-refractivity contribution in [3.63, 3.8) is 0 Å². The highest BCUT2D eigenvalue weighted by molar-refractivity contribution is 5.85. The lowest BCUT2D eigenvalue weighted by atomic mass is 10.2. The Bertz CT molecular complexity index is 757. The maximum atomic E-state index is 11.2. The average molecular weight is 266 g/mol. The molecule has 5 heteroatoms. The van der Waals surface area contributed by atoms with Crippen LogP contribution >= 0.6 is 0 Å². The summed E-state index contributed by atoms with van der Waals surface area (Å²) in [5, 5.41) is 4.34. The van der Waals surface area contributed by atoms with Crippen molar-refractivity contribution in [1.82, 2.24) is 9.78 Å². The minimum absolute atomic E-state index is 0.200. The third-order valence-corrected chi connectivity index (χ3v) is 2.87. The molecule has 0 aliphatic rings. The summed E-state index contributed by atoms with van der Waals surface area (Å²) < 4.78 is 6.91. The summed E-state index contributed by atoms with van der Waals surface area (Å²) in [6.45, 7) is 0. The normalized spacial score (nSPS) is 10.4. The molecule has 98 valence electrons. The molecule has 0 saturated heterocycles. The van der Waals surface area contributed by atoms with E-state index >= 15 is 0 Å². The molecule has 2 heterocycles. The molecule has 5 nitrogen and oxygen atoms in total. The molecular weight excluding hydrogens is 256 g/mol. The number of benzene rings is 1. The van der Waals surface area contributed by atoms with Crippen LogP contribution in [0.3, 0.4) is 0 Å². The van der Waals surface area contributed by atoms with Crippen molar-refractivity contribution < 1.29 is 14.0 Å². The molecule has 0 N–H and O–H groups in total. The fourth-order valence-corrected chi connectivity index (χ4v) is 1.92. The molecule has 20 heavy (non-hydrogen) atoms. The second kappa shape index (κ2) is 4.97. The van der Waals surface area contributed by atoms with Gasteiger partial charge in [-0.3, -0.25) is 9.59 Å². The summed E-state index contributed by atoms with van der Waals surface area (Å²) >= 11 is 0. The summed E-state index contributed by atoms with van der Waals surface area (Å²) in [5.74, 6) is 0.593. The van der Waals surface area contributed by atoms with Crippen LogP contribution in [0.5, 0.6) is 0 Å². The van der Waals surface area contributed by atoms with Gasteiger partial charge in [0, 0.05) is 6.20 Å². The molecule has 0 spiro atoms. The van der Waals surface area contributed by atoms with Gasteiger partial charge in [0.25, 0.3) is 0 Å². The van der Waals surface area contributed by atoms with Gasteiger partial charge in [0.1, 0.15) is 5.69 Å². The Labute approximate surface area is 114 Å². The second-order valence-electron chi connectivity index (χ2n) is 4.15. The fourth-order valence-electron chi connectivity index (χ4n) is 1.92. The maximum absolute atomic E-state index is 11.2. The van der Waals surface area contributed by atoms with Crippen molar-refractivity contribution in [3.05, 3.63) is 60.0 Å². The largest absolute Gasteiger partial charge is 0.452 e. The van der Waals surface area contributed by atoms with Crippen LogP contribution in [0, 0.1) is 0 Å². The molecule has 0 aliphatic heterocycles. The standard InChI is InChI=1S/C15H10N2O3/c18-9-11-8-17(12-4-2-1-3-5-12)16-15(11)14-7-6-13(10-19)20-14/h1-10H. The number of furan rings is 1. The number of carbonyl (C=O) groups is 2. The van der Waals surface area contributed by atoms with Crippen molar-refractivity contribution >= 4 is 12.6 Å². The zero-order chi connectivity index (χ0) is 13.9. The van der Waals surface area contributed by atoms with E-state index in [0.29, 0.717) is 29.6 Å². The van der Waals surface area contributed by atoms with Crippen molar-refractivity contribution in [3.8, 4) is 17.1 Å². The van der Waals surface area contributed by atoms with E-state index in [2.05, 4.69) is 5.10 Å². The molecule has 3 aromatic rings. The first-order valence-corrected chi connectivity index (χ1v) is 5.97. The Hall–Kier alpha value is -2.95. The van der Waals surface area contributed by atoms with Crippen LogP contribution in [0.2, 0.25) is 0 Å². The first-order chi connectivity index (χ1) is 9.81. The van der Waals surface area contributed by atoms with Gasteiger partial charge in [-0.2, -0.15) is 5.10 Å². The van der Waals surface area contributed by atoms with Crippen LogP contribution in [0.15, 0.2) is 53.1 Å². The van der Waals surface area contributed by atoms with Gasteiger partial charge in [0.05, 0.1) is 11.3 Å². The van der Waals surface area contributed by atoms with Crippen LogP contribution in [-0.4, -0.2) is 22.4 Å². The lowest BCUT2D eigenvalue weighted by Crippen LogP contribution is -1.93. The fraction of sp³-hybridized carbons (Fsp3) is 0. The van der Waals surface area contributed by atoms with Gasteiger partial charge >= 0.3 is 0 Å². The van der Waals surface area contributed by atoms with Crippen LogP contribution in [0.25, 0.3) is 17.1 Å². The second-order valence-corrected chi connectivity index (χ2v) is 4.15. The van der Waals surface area contributed by atoms with E-state index in [1.807, 2.05) is 30.3 Å². The Morgan fingerprint density at radius 2 is 1.80 bits per heavy atom. The molecule has 1 aromatic carbocycles. The summed E-state index contributed by atoms with van der Waals surface area (Å²) in [4.78, 5) is 21.8. The van der Waals surface area contributed by atoms with E-state index in [1.165, 1.54) is 0 Å². The molecule has 0 unspecified atom stereocenters. The van der Waals surface area contributed by atoms with Gasteiger partial charge in [0.15, 0.2) is 24.1 Å². The molecule has 0 bridgehead atoms. The predicted octanol–water partition coefficient (Wildman–Crippen LogP) is 2.76. The number of aromatic nitrogens is 2. The number of hydrogen-bond acceptors (Lipinski definition) is 4. The van der Waals surface area contributed by atoms with Crippen molar-refractivity contribution in [2.75, 3.05) is 0 Å². The molecule has 0 saturated carbocycles. The van der Waals surface area contributed by atoms with Crippen LogP contribution in [0.1, 0.15) is 20.9 Å². The highest BCUT2D eigenvalue weighted by atomic mass is 16.3. The molecule has 0 amide bonds. The smallest absolute Gasteiger partial charge is 0.185 e. The third kappa shape index (κ3) is 2.05. The van der Waals surface area contributed by atoms with Crippen LogP contribution < -0.4 is 0 Å². The number of para-hydroxylation sites is 1. The molecule has 0 aliphatic carbocycles. The van der Waals surface area contributed by atoms with Gasteiger partial charge in [-0.1, -0.05) is 18.2 Å². The maximum Gasteiger partial charge on any atom is 0.185 e. The molecule has 0 fully saturated rings. The highest BCUT2D eigenvalue weighted by Gasteiger charge is 2.15. The zero-order valence-corrected chi connectivity index (χ0v) is 10.4. The first kappa shape index (κ1) is 12.1. The topological polar surface area (TPSA) is 65.1 Å². The van der Waals surface area contributed by atoms with E-state index in [0.717, 1.165) is 5.69 Å². The molecule has 0 atom stereocenters. The number of carbonyl (C=O) groups excluding carboxylic acids is 2. The number of aldehydes is 2. The van der Waals surface area contributed by atoms with E-state index in [4.69, 9.17) is 4.42 Å². The Morgan fingerprint density at radius 3 is 2.45 bits per heavy atom. The van der Waals surface area contributed by atoms with E-state index in [1.54, 1.807) is 23.0 Å². The molecule has 0 radical (unpaired) electrons. The summed E-state index contributed by atoms with van der Waals surface area (Å²) in [7, 11) is 0. The Balaban J connectivity index is 2.09. The minimum atomic E-state index is 0.200. The van der Waals surface area contributed by atoms with Crippen LogP contribution in [0.4, 0.5) is 0 Å². The first-order valence-electron chi connectivity index (χ1n) is 5.97. The monoisotopic (exact) mass is 266 g/mol. The van der Waals surface area contributed by atoms with Gasteiger partial charge in [-0.15, -0.1) is 0 Å². The Morgan fingerprint density at radius 1 is 1.00 bits per heavy atom. The highest BCUT2D eigenvalue weighted by Crippen LogP contribution is 2.24. The lowest BCUT2D eigenvalue weighted by Gasteiger charge is -1.98. The number of hydrogen-bond donors (Lipinski definition) is 0. The van der Waals surface area contributed by atoms with Gasteiger partial charge in [-0.25, -0.2) is 4.68 Å². The quantitative estimate of drug-likeness (QED) is 0.681. The van der Waals surface area contributed by atoms with E-state index in [-0.39, 0.29) is 5.76 Å². The lowest BCUT2D eigenvalue weighted by molar-refractivity contribution is 0.110. The van der Waals surface area contributed by atoms with Crippen molar-refractivity contribution in [2.24, 2.45) is 0 Å². The minimum Gasteiger partial charge on any atom is -0.452 e. The van der Waals surface area contributed by atoms with Gasteiger partial charge in [0.2, 0.25) is 0 Å². The predicted molar refractivity (Wildman–Crippen MR) is 72.0 cm³/mol. The Kier molecular flexibility index (Phi) is 3.01. The summed E-state index contributed by atoms with van der Waals surface area (Å²) in [6, 6.07) is 12.6. The average Bonchev–Trinajstić information content (AvgIpc) is 3.14. The summed E-state index contributed by atoms with van der Waals surface area (Å²) in [6.07, 6.45) is 2.95. The van der Waals surface area contributed by atoms with Gasteiger partial charge < -0.3 is 4.42 Å². The van der Waals surface area contributed by atoms with E-state index < -0.39 is 0 Å². The summed E-state index contributed by atoms with van der Waals surface area (Å²) in [5.41, 5.74) is 1.65. The van der Waals surface area contributed by atoms with Gasteiger partial charge in [-0.05, 0) is 24.3 Å². The SMILES string of the molecule is O=Cc1ccc(-c2nn(-c3ccccc3)cc2C=O)o1. The zero-order valence-electron chi connectivity index (χ0n) is 10.4. The molecule has 3 rings (SSSR count). The third-order valence-electron chi connectivity index (χ3n) is 2.87.